The van der Waals surface area contributed by atoms with Crippen molar-refractivity contribution >= 4 is 11.8 Å². The molecule has 0 aliphatic carbocycles. The highest BCUT2D eigenvalue weighted by atomic mass is 16.5. The molecule has 2 atom stereocenters. The Hall–Kier alpha value is -2.28. The maximum Gasteiger partial charge on any atom is 0.228 e. The number of hydrogen-bond acceptors (Lipinski definition) is 5. The first kappa shape index (κ1) is 20.5. The van der Waals surface area contributed by atoms with Crippen molar-refractivity contribution in [3.63, 3.8) is 0 Å². The maximum atomic E-state index is 13.3. The van der Waals surface area contributed by atoms with E-state index in [9.17, 15) is 9.59 Å². The molecule has 2 unspecified atom stereocenters. The molecule has 28 heavy (non-hydrogen) atoms. The predicted molar refractivity (Wildman–Crippen MR) is 105 cm³/mol. The lowest BCUT2D eigenvalue weighted by atomic mass is 9.87. The molecule has 2 fully saturated rings. The lowest BCUT2D eigenvalue weighted by Gasteiger charge is -2.31. The topological polar surface area (TPSA) is 68.3 Å². The molecule has 2 aliphatic rings. The number of rotatable bonds is 5. The summed E-state index contributed by atoms with van der Waals surface area (Å²) in [6, 6.07) is 5.66. The van der Waals surface area contributed by atoms with Gasteiger partial charge in [0.25, 0.3) is 0 Å². The molecule has 0 radical (unpaired) electrons. The Labute approximate surface area is 166 Å². The van der Waals surface area contributed by atoms with E-state index in [1.54, 1.807) is 14.2 Å². The van der Waals surface area contributed by atoms with Crippen LogP contribution in [0.1, 0.15) is 25.3 Å². The van der Waals surface area contributed by atoms with E-state index in [-0.39, 0.29) is 29.6 Å². The molecule has 1 aromatic rings. The van der Waals surface area contributed by atoms with Crippen LogP contribution in [-0.2, 0) is 14.3 Å². The van der Waals surface area contributed by atoms with Crippen LogP contribution in [0.4, 0.5) is 0 Å². The zero-order valence-electron chi connectivity index (χ0n) is 17.1. The summed E-state index contributed by atoms with van der Waals surface area (Å²) >= 11 is 0. The highest BCUT2D eigenvalue weighted by Gasteiger charge is 2.43. The first-order valence-corrected chi connectivity index (χ1v) is 9.83. The van der Waals surface area contributed by atoms with Crippen LogP contribution in [0.3, 0.4) is 0 Å². The third-order valence-electron chi connectivity index (χ3n) is 5.61. The molecular weight excluding hydrogens is 360 g/mol. The SMILES string of the molecule is COc1ccc(C2CN(C(=O)C(C)C)CC2C(=O)N2CCOCC2)c(OC)c1. The van der Waals surface area contributed by atoms with Crippen LogP contribution in [0.25, 0.3) is 0 Å². The number of morpholine rings is 1. The molecule has 0 bridgehead atoms. The van der Waals surface area contributed by atoms with E-state index in [0.29, 0.717) is 50.9 Å². The Bertz CT molecular complexity index is 715. The van der Waals surface area contributed by atoms with Gasteiger partial charge in [0.05, 0.1) is 33.4 Å². The van der Waals surface area contributed by atoms with Crippen LogP contribution in [0.2, 0.25) is 0 Å². The average Bonchev–Trinajstić information content (AvgIpc) is 3.17. The van der Waals surface area contributed by atoms with E-state index in [1.165, 1.54) is 0 Å². The molecule has 0 aromatic heterocycles. The third kappa shape index (κ3) is 4.09. The summed E-state index contributed by atoms with van der Waals surface area (Å²) in [5.41, 5.74) is 0.939. The van der Waals surface area contributed by atoms with E-state index in [2.05, 4.69) is 0 Å². The summed E-state index contributed by atoms with van der Waals surface area (Å²) in [5.74, 6) is 1.05. The zero-order chi connectivity index (χ0) is 20.3. The normalized spacial score (nSPS) is 22.5. The van der Waals surface area contributed by atoms with Crippen LogP contribution in [0.5, 0.6) is 11.5 Å². The van der Waals surface area contributed by atoms with Crippen LogP contribution in [0.15, 0.2) is 18.2 Å². The molecule has 0 spiro atoms. The molecule has 7 nitrogen and oxygen atoms in total. The third-order valence-corrected chi connectivity index (χ3v) is 5.61. The van der Waals surface area contributed by atoms with E-state index >= 15 is 0 Å². The Balaban J connectivity index is 1.92. The largest absolute Gasteiger partial charge is 0.497 e. The minimum atomic E-state index is -0.289. The molecule has 2 amide bonds. The summed E-state index contributed by atoms with van der Waals surface area (Å²) in [4.78, 5) is 29.6. The number of hydrogen-bond donors (Lipinski definition) is 0. The quantitative estimate of drug-likeness (QED) is 0.766. The molecule has 1 aromatic carbocycles. The molecule has 0 saturated carbocycles. The van der Waals surface area contributed by atoms with Gasteiger partial charge >= 0.3 is 0 Å². The lowest BCUT2D eigenvalue weighted by molar-refractivity contribution is -0.140. The first-order valence-electron chi connectivity index (χ1n) is 9.83. The molecule has 154 valence electrons. The fourth-order valence-electron chi connectivity index (χ4n) is 4.06. The molecule has 7 heteroatoms. The van der Waals surface area contributed by atoms with E-state index < -0.39 is 0 Å². The van der Waals surface area contributed by atoms with Gasteiger partial charge < -0.3 is 24.0 Å². The molecular formula is C21H30N2O5. The molecule has 0 N–H and O–H groups in total. The highest BCUT2D eigenvalue weighted by Crippen LogP contribution is 2.40. The van der Waals surface area contributed by atoms with Crippen molar-refractivity contribution in [2.24, 2.45) is 11.8 Å². The summed E-state index contributed by atoms with van der Waals surface area (Å²) in [7, 11) is 3.22. The van der Waals surface area contributed by atoms with Crippen molar-refractivity contribution < 1.29 is 23.8 Å². The number of likely N-dealkylation sites (tertiary alicyclic amines) is 1. The zero-order valence-corrected chi connectivity index (χ0v) is 17.1. The number of carbonyl (C=O) groups excluding carboxylic acids is 2. The second-order valence-corrected chi connectivity index (χ2v) is 7.66. The van der Waals surface area contributed by atoms with Gasteiger partial charge in [-0.25, -0.2) is 0 Å². The smallest absolute Gasteiger partial charge is 0.228 e. The van der Waals surface area contributed by atoms with Gasteiger partial charge in [-0.3, -0.25) is 9.59 Å². The fourth-order valence-corrected chi connectivity index (χ4v) is 4.06. The highest BCUT2D eigenvalue weighted by molar-refractivity contribution is 5.84. The number of ether oxygens (including phenoxy) is 3. The first-order chi connectivity index (χ1) is 13.5. The van der Waals surface area contributed by atoms with Gasteiger partial charge in [-0.1, -0.05) is 19.9 Å². The van der Waals surface area contributed by atoms with Gasteiger partial charge in [-0.2, -0.15) is 0 Å². The van der Waals surface area contributed by atoms with Crippen molar-refractivity contribution in [3.05, 3.63) is 23.8 Å². The van der Waals surface area contributed by atoms with Gasteiger partial charge in [-0.05, 0) is 6.07 Å². The fraction of sp³-hybridized carbons (Fsp3) is 0.619. The van der Waals surface area contributed by atoms with Gasteiger partial charge in [0.1, 0.15) is 11.5 Å². The molecule has 3 rings (SSSR count). The second kappa shape index (κ2) is 8.82. The number of carbonyl (C=O) groups is 2. The van der Waals surface area contributed by atoms with Crippen LogP contribution in [-0.4, -0.2) is 75.2 Å². The number of amides is 2. The van der Waals surface area contributed by atoms with Gasteiger partial charge in [0, 0.05) is 49.6 Å². The summed E-state index contributed by atoms with van der Waals surface area (Å²) in [5, 5.41) is 0. The maximum absolute atomic E-state index is 13.3. The number of methoxy groups -OCH3 is 2. The standard InChI is InChI=1S/C21H30N2O5/c1-14(2)20(24)23-12-17(16-6-5-15(26-3)11-19(16)27-4)18(13-23)21(25)22-7-9-28-10-8-22/h5-6,11,14,17-18H,7-10,12-13H2,1-4H3. The molecule has 2 aliphatic heterocycles. The van der Waals surface area contributed by atoms with Gasteiger partial charge in [0.15, 0.2) is 0 Å². The molecule has 2 heterocycles. The summed E-state index contributed by atoms with van der Waals surface area (Å²) in [6.07, 6.45) is 0. The van der Waals surface area contributed by atoms with Crippen molar-refractivity contribution in [2.45, 2.75) is 19.8 Å². The lowest BCUT2D eigenvalue weighted by Crippen LogP contribution is -2.45. The summed E-state index contributed by atoms with van der Waals surface area (Å²) < 4.78 is 16.3. The Morgan fingerprint density at radius 3 is 2.39 bits per heavy atom. The van der Waals surface area contributed by atoms with Crippen molar-refractivity contribution in [1.29, 1.82) is 0 Å². The predicted octanol–water partition coefficient (Wildman–Crippen LogP) is 1.76. The van der Waals surface area contributed by atoms with E-state index in [0.717, 1.165) is 5.56 Å². The van der Waals surface area contributed by atoms with E-state index in [1.807, 2.05) is 41.8 Å². The van der Waals surface area contributed by atoms with Crippen molar-refractivity contribution in [3.8, 4) is 11.5 Å². The van der Waals surface area contributed by atoms with Crippen LogP contribution < -0.4 is 9.47 Å². The Kier molecular flexibility index (Phi) is 6.44. The minimum Gasteiger partial charge on any atom is -0.497 e. The van der Waals surface area contributed by atoms with E-state index in [4.69, 9.17) is 14.2 Å². The second-order valence-electron chi connectivity index (χ2n) is 7.66. The average molecular weight is 390 g/mol. The summed E-state index contributed by atoms with van der Waals surface area (Å²) in [6.45, 7) is 7.05. The Morgan fingerprint density at radius 2 is 1.79 bits per heavy atom. The monoisotopic (exact) mass is 390 g/mol. The van der Waals surface area contributed by atoms with Crippen LogP contribution >= 0.6 is 0 Å². The van der Waals surface area contributed by atoms with Crippen LogP contribution in [0, 0.1) is 11.8 Å². The van der Waals surface area contributed by atoms with Crippen molar-refractivity contribution in [1.82, 2.24) is 9.80 Å². The van der Waals surface area contributed by atoms with Gasteiger partial charge in [0.2, 0.25) is 11.8 Å². The Morgan fingerprint density at radius 1 is 1.07 bits per heavy atom. The number of benzene rings is 1. The molecule has 2 saturated heterocycles. The van der Waals surface area contributed by atoms with Crippen molar-refractivity contribution in [2.75, 3.05) is 53.6 Å². The van der Waals surface area contributed by atoms with Gasteiger partial charge in [-0.15, -0.1) is 0 Å². The number of nitrogens with zero attached hydrogens (tertiary/aromatic N) is 2. The minimum absolute atomic E-state index is 0.0785.